The number of rotatable bonds is 0. The summed E-state index contributed by atoms with van der Waals surface area (Å²) in [6.45, 7) is 0. The standard InChI is InChI=1S/C8H9NO3/c10-4-1-2-5-6(3-4)8(12)9-7(5)11/h1-2,4-6,10H,3H2,(H,9,11,12)/t4-,5+,6+/m0/s1. The van der Waals surface area contributed by atoms with Crippen LogP contribution in [0.3, 0.4) is 0 Å². The highest BCUT2D eigenvalue weighted by Gasteiger charge is 2.42. The third-order valence-corrected chi connectivity index (χ3v) is 2.36. The van der Waals surface area contributed by atoms with Gasteiger partial charge >= 0.3 is 0 Å². The van der Waals surface area contributed by atoms with Gasteiger partial charge in [-0.1, -0.05) is 12.2 Å². The third-order valence-electron chi connectivity index (χ3n) is 2.36. The van der Waals surface area contributed by atoms with Gasteiger partial charge in [0, 0.05) is 0 Å². The van der Waals surface area contributed by atoms with Gasteiger partial charge in [0.1, 0.15) is 0 Å². The molecular formula is C8H9NO3. The van der Waals surface area contributed by atoms with Crippen LogP contribution in [0.5, 0.6) is 0 Å². The summed E-state index contributed by atoms with van der Waals surface area (Å²) in [5.74, 6) is -1.19. The summed E-state index contributed by atoms with van der Waals surface area (Å²) in [6, 6.07) is 0. The first kappa shape index (κ1) is 7.49. The monoisotopic (exact) mass is 167 g/mol. The number of carbonyl (C=O) groups is 2. The molecule has 0 aromatic carbocycles. The van der Waals surface area contributed by atoms with Crippen molar-refractivity contribution in [1.29, 1.82) is 0 Å². The summed E-state index contributed by atoms with van der Waals surface area (Å²) in [4.78, 5) is 22.1. The predicted molar refractivity (Wildman–Crippen MR) is 39.9 cm³/mol. The normalized spacial score (nSPS) is 39.6. The Kier molecular flexibility index (Phi) is 1.51. The molecule has 0 bridgehead atoms. The lowest BCUT2D eigenvalue weighted by Gasteiger charge is -2.19. The number of carbonyl (C=O) groups excluding carboxylic acids is 2. The lowest BCUT2D eigenvalue weighted by molar-refractivity contribution is -0.126. The van der Waals surface area contributed by atoms with Gasteiger partial charge < -0.3 is 5.11 Å². The quantitative estimate of drug-likeness (QED) is 0.366. The molecule has 0 spiro atoms. The molecule has 2 rings (SSSR count). The first-order chi connectivity index (χ1) is 5.68. The van der Waals surface area contributed by atoms with Gasteiger partial charge in [0.05, 0.1) is 17.9 Å². The van der Waals surface area contributed by atoms with E-state index in [2.05, 4.69) is 5.32 Å². The van der Waals surface area contributed by atoms with Crippen LogP contribution in [-0.2, 0) is 9.59 Å². The minimum Gasteiger partial charge on any atom is -0.389 e. The van der Waals surface area contributed by atoms with Gasteiger partial charge in [-0.3, -0.25) is 14.9 Å². The van der Waals surface area contributed by atoms with Crippen LogP contribution < -0.4 is 5.32 Å². The van der Waals surface area contributed by atoms with Crippen LogP contribution in [0.2, 0.25) is 0 Å². The number of fused-ring (bicyclic) bond motifs is 1. The molecule has 64 valence electrons. The molecule has 2 amide bonds. The zero-order chi connectivity index (χ0) is 8.72. The first-order valence-corrected chi connectivity index (χ1v) is 3.89. The van der Waals surface area contributed by atoms with Gasteiger partial charge in [-0.25, -0.2) is 0 Å². The number of hydrogen-bond donors (Lipinski definition) is 2. The smallest absolute Gasteiger partial charge is 0.234 e. The maximum Gasteiger partial charge on any atom is 0.234 e. The maximum atomic E-state index is 11.1. The van der Waals surface area contributed by atoms with Crippen LogP contribution in [-0.4, -0.2) is 23.0 Å². The van der Waals surface area contributed by atoms with E-state index in [1.165, 1.54) is 0 Å². The molecule has 1 heterocycles. The number of aliphatic hydroxyl groups is 1. The fraction of sp³-hybridized carbons (Fsp3) is 0.500. The summed E-state index contributed by atoms with van der Waals surface area (Å²) in [5, 5.41) is 11.4. The highest BCUT2D eigenvalue weighted by Crippen LogP contribution is 2.29. The molecule has 0 saturated carbocycles. The molecular weight excluding hydrogens is 158 g/mol. The second-order valence-electron chi connectivity index (χ2n) is 3.17. The van der Waals surface area contributed by atoms with E-state index in [-0.39, 0.29) is 23.7 Å². The van der Waals surface area contributed by atoms with Crippen molar-refractivity contribution < 1.29 is 14.7 Å². The van der Waals surface area contributed by atoms with Crippen molar-refractivity contribution in [1.82, 2.24) is 5.32 Å². The lowest BCUT2D eigenvalue weighted by Crippen LogP contribution is -2.25. The zero-order valence-electron chi connectivity index (χ0n) is 6.36. The van der Waals surface area contributed by atoms with Gasteiger partial charge in [-0.05, 0) is 6.42 Å². The molecule has 1 aliphatic heterocycles. The van der Waals surface area contributed by atoms with Crippen molar-refractivity contribution in [3.8, 4) is 0 Å². The summed E-state index contributed by atoms with van der Waals surface area (Å²) in [7, 11) is 0. The molecule has 0 radical (unpaired) electrons. The second kappa shape index (κ2) is 2.42. The number of amides is 2. The predicted octanol–water partition coefficient (Wildman–Crippen LogP) is -0.804. The Morgan fingerprint density at radius 2 is 2.08 bits per heavy atom. The molecule has 2 aliphatic rings. The van der Waals surface area contributed by atoms with Crippen molar-refractivity contribution in [3.05, 3.63) is 12.2 Å². The van der Waals surface area contributed by atoms with Crippen molar-refractivity contribution >= 4 is 11.8 Å². The van der Waals surface area contributed by atoms with Gasteiger partial charge in [0.25, 0.3) is 0 Å². The molecule has 0 aromatic heterocycles. The van der Waals surface area contributed by atoms with E-state index in [1.807, 2.05) is 0 Å². The van der Waals surface area contributed by atoms with Crippen molar-refractivity contribution in [2.24, 2.45) is 11.8 Å². The van der Waals surface area contributed by atoms with E-state index in [0.717, 1.165) is 0 Å². The van der Waals surface area contributed by atoms with Crippen molar-refractivity contribution in [2.75, 3.05) is 0 Å². The molecule has 0 aromatic rings. The average Bonchev–Trinajstić information content (AvgIpc) is 2.28. The Hall–Kier alpha value is -1.16. The van der Waals surface area contributed by atoms with Crippen LogP contribution in [0.1, 0.15) is 6.42 Å². The SMILES string of the molecule is O=C1NC(=O)[C@@H]2C[C@@H](O)C=C[C@@H]12. The fourth-order valence-corrected chi connectivity index (χ4v) is 1.71. The third kappa shape index (κ3) is 0.956. The van der Waals surface area contributed by atoms with Crippen LogP contribution in [0.25, 0.3) is 0 Å². The van der Waals surface area contributed by atoms with E-state index in [0.29, 0.717) is 6.42 Å². The van der Waals surface area contributed by atoms with E-state index in [4.69, 9.17) is 0 Å². The highest BCUT2D eigenvalue weighted by atomic mass is 16.3. The lowest BCUT2D eigenvalue weighted by atomic mass is 9.85. The van der Waals surface area contributed by atoms with E-state index in [1.54, 1.807) is 12.2 Å². The molecule has 0 unspecified atom stereocenters. The van der Waals surface area contributed by atoms with Gasteiger partial charge in [0.2, 0.25) is 11.8 Å². The molecule has 1 aliphatic carbocycles. The van der Waals surface area contributed by atoms with Crippen molar-refractivity contribution in [3.63, 3.8) is 0 Å². The topological polar surface area (TPSA) is 66.4 Å². The number of hydrogen-bond acceptors (Lipinski definition) is 3. The molecule has 4 nitrogen and oxygen atoms in total. The number of imide groups is 1. The molecule has 2 N–H and O–H groups in total. The Morgan fingerprint density at radius 3 is 2.83 bits per heavy atom. The summed E-state index contributed by atoms with van der Waals surface area (Å²) in [5.41, 5.74) is 0. The van der Waals surface area contributed by atoms with E-state index < -0.39 is 6.10 Å². The Balaban J connectivity index is 2.29. The molecule has 1 saturated heterocycles. The maximum absolute atomic E-state index is 11.1. The van der Waals surface area contributed by atoms with Crippen molar-refractivity contribution in [2.45, 2.75) is 12.5 Å². The van der Waals surface area contributed by atoms with Crippen LogP contribution in [0.4, 0.5) is 0 Å². The van der Waals surface area contributed by atoms with Crippen LogP contribution in [0.15, 0.2) is 12.2 Å². The van der Waals surface area contributed by atoms with E-state index >= 15 is 0 Å². The van der Waals surface area contributed by atoms with Gasteiger partial charge in [-0.15, -0.1) is 0 Å². The Labute approximate surface area is 69.3 Å². The molecule has 3 atom stereocenters. The molecule has 4 heteroatoms. The van der Waals surface area contributed by atoms with E-state index in [9.17, 15) is 14.7 Å². The fourth-order valence-electron chi connectivity index (χ4n) is 1.71. The minimum absolute atomic E-state index is 0.242. The molecule has 1 fully saturated rings. The summed E-state index contributed by atoms with van der Waals surface area (Å²) in [6.07, 6.45) is 2.96. The minimum atomic E-state index is -0.581. The van der Waals surface area contributed by atoms with Crippen LogP contribution in [0, 0.1) is 11.8 Å². The highest BCUT2D eigenvalue weighted by molar-refractivity contribution is 6.06. The van der Waals surface area contributed by atoms with Crippen LogP contribution >= 0.6 is 0 Å². The van der Waals surface area contributed by atoms with Gasteiger partial charge in [0.15, 0.2) is 0 Å². The second-order valence-corrected chi connectivity index (χ2v) is 3.17. The average molecular weight is 167 g/mol. The first-order valence-electron chi connectivity index (χ1n) is 3.89. The largest absolute Gasteiger partial charge is 0.389 e. The van der Waals surface area contributed by atoms with Gasteiger partial charge in [-0.2, -0.15) is 0 Å². The summed E-state index contributed by atoms with van der Waals surface area (Å²) >= 11 is 0. The Bertz CT molecular complexity index is 271. The molecule has 12 heavy (non-hydrogen) atoms. The Morgan fingerprint density at radius 1 is 1.33 bits per heavy atom. The number of nitrogens with one attached hydrogen (secondary N) is 1. The zero-order valence-corrected chi connectivity index (χ0v) is 6.36. The summed E-state index contributed by atoms with van der Waals surface area (Å²) < 4.78 is 0. The number of aliphatic hydroxyl groups excluding tert-OH is 1.